The molecule has 1 N–H and O–H groups in total. The Hall–Kier alpha value is -3.58. The number of aromatic nitrogens is 2. The summed E-state index contributed by atoms with van der Waals surface area (Å²) in [6.45, 7) is 6.18. The molecule has 0 aliphatic carbocycles. The van der Waals surface area contributed by atoms with E-state index in [1.165, 1.54) is 11.8 Å². The van der Waals surface area contributed by atoms with Crippen molar-refractivity contribution in [3.8, 4) is 11.4 Å². The van der Waals surface area contributed by atoms with Crippen LogP contribution in [0.4, 0.5) is 0 Å². The Morgan fingerprint density at radius 3 is 2.38 bits per heavy atom. The molecule has 4 aromatic rings. The highest BCUT2D eigenvalue weighted by atomic mass is 32.2. The predicted octanol–water partition coefficient (Wildman–Crippen LogP) is 4.81. The van der Waals surface area contributed by atoms with Crippen LogP contribution in [0.3, 0.4) is 0 Å². The number of nitrogens with zero attached hydrogens (tertiary/aromatic N) is 2. The van der Waals surface area contributed by atoms with E-state index in [0.717, 1.165) is 28.1 Å². The second-order valence-corrected chi connectivity index (χ2v) is 9.43. The van der Waals surface area contributed by atoms with Crippen molar-refractivity contribution in [1.82, 2.24) is 14.9 Å². The number of hydrogen-bond donors (Lipinski definition) is 1. The highest BCUT2D eigenvalue weighted by molar-refractivity contribution is 8.00. The first-order valence-electron chi connectivity index (χ1n) is 11.0. The van der Waals surface area contributed by atoms with Crippen molar-refractivity contribution in [2.75, 3.05) is 7.11 Å². The first-order chi connectivity index (χ1) is 16.4. The Morgan fingerprint density at radius 1 is 1.03 bits per heavy atom. The maximum Gasteiger partial charge on any atom is 0.266 e. The summed E-state index contributed by atoms with van der Waals surface area (Å²) in [5, 5.41) is 3.56. The average Bonchev–Trinajstić information content (AvgIpc) is 2.84. The van der Waals surface area contributed by atoms with Gasteiger partial charge in [-0.1, -0.05) is 54.2 Å². The van der Waals surface area contributed by atoms with Crippen LogP contribution in [0.15, 0.2) is 76.7 Å². The number of thioether (sulfide) groups is 1. The number of hydrogen-bond acceptors (Lipinski definition) is 5. The second-order valence-electron chi connectivity index (χ2n) is 8.12. The van der Waals surface area contributed by atoms with Gasteiger partial charge in [-0.3, -0.25) is 14.2 Å². The number of ether oxygens (including phenoxy) is 1. The van der Waals surface area contributed by atoms with Gasteiger partial charge < -0.3 is 10.1 Å². The number of methoxy groups -OCH3 is 1. The predicted molar refractivity (Wildman–Crippen MR) is 137 cm³/mol. The molecule has 1 atom stereocenters. The Labute approximate surface area is 203 Å². The molecule has 1 aromatic heterocycles. The van der Waals surface area contributed by atoms with E-state index in [1.807, 2.05) is 81.4 Å². The van der Waals surface area contributed by atoms with Gasteiger partial charge in [0.05, 0.1) is 29.0 Å². The van der Waals surface area contributed by atoms with E-state index in [-0.39, 0.29) is 11.5 Å². The van der Waals surface area contributed by atoms with Gasteiger partial charge in [-0.2, -0.15) is 0 Å². The van der Waals surface area contributed by atoms with Crippen LogP contribution in [-0.2, 0) is 11.3 Å². The molecule has 1 unspecified atom stereocenters. The van der Waals surface area contributed by atoms with E-state index in [4.69, 9.17) is 9.72 Å². The van der Waals surface area contributed by atoms with Crippen LogP contribution in [0.25, 0.3) is 16.6 Å². The molecule has 1 heterocycles. The summed E-state index contributed by atoms with van der Waals surface area (Å²) in [5.74, 6) is 0.641. The van der Waals surface area contributed by atoms with Gasteiger partial charge in [-0.25, -0.2) is 4.98 Å². The third kappa shape index (κ3) is 4.84. The van der Waals surface area contributed by atoms with Crippen molar-refractivity contribution < 1.29 is 9.53 Å². The number of para-hydroxylation sites is 2. The maximum atomic E-state index is 13.6. The number of fused-ring (bicyclic) bond motifs is 1. The van der Waals surface area contributed by atoms with Gasteiger partial charge in [-0.05, 0) is 61.7 Å². The van der Waals surface area contributed by atoms with Crippen LogP contribution in [0.2, 0.25) is 0 Å². The Balaban J connectivity index is 1.65. The number of carbonyl (C=O) groups excluding carboxylic acids is 1. The van der Waals surface area contributed by atoms with Crippen molar-refractivity contribution in [1.29, 1.82) is 0 Å². The zero-order valence-electron chi connectivity index (χ0n) is 19.7. The third-order valence-corrected chi connectivity index (χ3v) is 6.74. The molecule has 1 amide bonds. The van der Waals surface area contributed by atoms with E-state index in [1.54, 1.807) is 17.7 Å². The van der Waals surface area contributed by atoms with Crippen LogP contribution >= 0.6 is 11.8 Å². The van der Waals surface area contributed by atoms with E-state index < -0.39 is 5.25 Å². The Kier molecular flexibility index (Phi) is 7.03. The van der Waals surface area contributed by atoms with Gasteiger partial charge in [-0.15, -0.1) is 0 Å². The topological polar surface area (TPSA) is 73.2 Å². The second kappa shape index (κ2) is 10.1. The van der Waals surface area contributed by atoms with Crippen molar-refractivity contribution >= 4 is 28.6 Å². The lowest BCUT2D eigenvalue weighted by Crippen LogP contribution is -2.31. The molecule has 34 heavy (non-hydrogen) atoms. The number of benzene rings is 3. The normalized spacial score (nSPS) is 11.9. The summed E-state index contributed by atoms with van der Waals surface area (Å²) in [6.07, 6.45) is 0. The lowest BCUT2D eigenvalue weighted by atomic mass is 10.1. The Morgan fingerprint density at radius 2 is 1.71 bits per heavy atom. The Bertz CT molecular complexity index is 1380. The molecule has 0 bridgehead atoms. The minimum Gasteiger partial charge on any atom is -0.497 e. The number of aryl methyl sites for hydroxylation is 2. The molecular weight excluding hydrogens is 446 g/mol. The van der Waals surface area contributed by atoms with E-state index >= 15 is 0 Å². The van der Waals surface area contributed by atoms with E-state index in [0.29, 0.717) is 22.6 Å². The first kappa shape index (κ1) is 23.6. The molecule has 6 nitrogen and oxygen atoms in total. The minimum absolute atomic E-state index is 0.128. The lowest BCUT2D eigenvalue weighted by Gasteiger charge is -2.19. The van der Waals surface area contributed by atoms with Crippen LogP contribution in [0, 0.1) is 13.8 Å². The summed E-state index contributed by atoms with van der Waals surface area (Å²) in [7, 11) is 1.62. The quantitative estimate of drug-likeness (QED) is 0.308. The smallest absolute Gasteiger partial charge is 0.266 e. The maximum absolute atomic E-state index is 13.6. The molecule has 0 aliphatic rings. The fourth-order valence-electron chi connectivity index (χ4n) is 3.83. The molecule has 0 saturated carbocycles. The monoisotopic (exact) mass is 473 g/mol. The van der Waals surface area contributed by atoms with Crippen molar-refractivity contribution in [3.63, 3.8) is 0 Å². The van der Waals surface area contributed by atoms with E-state index in [9.17, 15) is 9.59 Å². The molecule has 3 aromatic carbocycles. The van der Waals surface area contributed by atoms with Gasteiger partial charge in [0, 0.05) is 6.54 Å². The largest absolute Gasteiger partial charge is 0.497 e. The molecule has 4 rings (SSSR count). The highest BCUT2D eigenvalue weighted by Gasteiger charge is 2.21. The van der Waals surface area contributed by atoms with Crippen molar-refractivity contribution in [3.05, 3.63) is 93.8 Å². The SMILES string of the molecule is COc1ccc(CNC(=O)C(C)Sc2nc3ccccc3c(=O)n2-c2c(C)cccc2C)cc1. The number of nitrogens with one attached hydrogen (secondary N) is 1. The van der Waals surface area contributed by atoms with Gasteiger partial charge in [0.25, 0.3) is 5.56 Å². The minimum atomic E-state index is -0.457. The molecule has 7 heteroatoms. The summed E-state index contributed by atoms with van der Waals surface area (Å²) in [4.78, 5) is 31.3. The lowest BCUT2D eigenvalue weighted by molar-refractivity contribution is -0.120. The molecule has 0 radical (unpaired) electrons. The number of rotatable bonds is 7. The molecule has 0 fully saturated rings. The fraction of sp³-hybridized carbons (Fsp3) is 0.222. The standard InChI is InChI=1S/C27H27N3O3S/c1-17-8-7-9-18(2)24(17)30-26(32)22-10-5-6-11-23(22)29-27(30)34-19(3)25(31)28-16-20-12-14-21(33-4)15-13-20/h5-15,19H,16H2,1-4H3,(H,28,31). The van der Waals surface area contributed by atoms with E-state index in [2.05, 4.69) is 5.32 Å². The number of amides is 1. The molecule has 174 valence electrons. The van der Waals surface area contributed by atoms with Gasteiger partial charge in [0.1, 0.15) is 5.75 Å². The summed E-state index contributed by atoms with van der Waals surface area (Å²) in [5.41, 5.74) is 4.19. The molecular formula is C27H27N3O3S. The first-order valence-corrected chi connectivity index (χ1v) is 11.9. The summed E-state index contributed by atoms with van der Waals surface area (Å²) in [6, 6.07) is 20.8. The van der Waals surface area contributed by atoms with Crippen molar-refractivity contribution in [2.24, 2.45) is 0 Å². The molecule has 0 spiro atoms. The average molecular weight is 474 g/mol. The van der Waals surface area contributed by atoms with Crippen molar-refractivity contribution in [2.45, 2.75) is 37.7 Å². The number of carbonyl (C=O) groups is 1. The van der Waals surface area contributed by atoms with Crippen LogP contribution in [-0.4, -0.2) is 27.8 Å². The third-order valence-electron chi connectivity index (χ3n) is 5.69. The zero-order chi connectivity index (χ0) is 24.2. The van der Waals surface area contributed by atoms with Gasteiger partial charge >= 0.3 is 0 Å². The zero-order valence-corrected chi connectivity index (χ0v) is 20.5. The fourth-order valence-corrected chi connectivity index (χ4v) is 4.77. The summed E-state index contributed by atoms with van der Waals surface area (Å²) < 4.78 is 6.82. The van der Waals surface area contributed by atoms with Crippen LogP contribution < -0.4 is 15.6 Å². The van der Waals surface area contributed by atoms with Crippen LogP contribution in [0.5, 0.6) is 5.75 Å². The van der Waals surface area contributed by atoms with Gasteiger partial charge in [0.15, 0.2) is 5.16 Å². The highest BCUT2D eigenvalue weighted by Crippen LogP contribution is 2.28. The molecule has 0 saturated heterocycles. The van der Waals surface area contributed by atoms with Gasteiger partial charge in [0.2, 0.25) is 5.91 Å². The van der Waals surface area contributed by atoms with Crippen LogP contribution in [0.1, 0.15) is 23.6 Å². The summed E-state index contributed by atoms with van der Waals surface area (Å²) >= 11 is 1.28. The molecule has 0 aliphatic heterocycles.